The van der Waals surface area contributed by atoms with Crippen molar-refractivity contribution in [2.75, 3.05) is 6.61 Å². The first-order valence-corrected chi connectivity index (χ1v) is 5.44. The molecule has 0 unspecified atom stereocenters. The van der Waals surface area contributed by atoms with Crippen LogP contribution in [0.15, 0.2) is 29.0 Å². The van der Waals surface area contributed by atoms with Crippen LogP contribution in [0.4, 0.5) is 0 Å². The highest BCUT2D eigenvalue weighted by atomic mass is 32.1. The standard InChI is InChI=1S/C11H14O2S/c1-9(2)7-13-11(12)4-3-10-5-6-14-8-10/h5-6,8H,1,3-4,7H2,2H3. The molecule has 76 valence electrons. The number of thiophene rings is 1. The Bertz CT molecular complexity index is 301. The fraction of sp³-hybridized carbons (Fsp3) is 0.364. The number of ether oxygens (including phenoxy) is 1. The van der Waals surface area contributed by atoms with E-state index in [1.54, 1.807) is 11.3 Å². The highest BCUT2D eigenvalue weighted by molar-refractivity contribution is 7.07. The van der Waals surface area contributed by atoms with E-state index in [4.69, 9.17) is 4.74 Å². The predicted octanol–water partition coefficient (Wildman–Crippen LogP) is 2.80. The summed E-state index contributed by atoms with van der Waals surface area (Å²) < 4.78 is 4.97. The number of carbonyl (C=O) groups excluding carboxylic acids is 1. The molecule has 0 aliphatic carbocycles. The Morgan fingerprint density at radius 1 is 1.64 bits per heavy atom. The first-order valence-electron chi connectivity index (χ1n) is 4.49. The second-order valence-electron chi connectivity index (χ2n) is 3.25. The highest BCUT2D eigenvalue weighted by Crippen LogP contribution is 2.08. The van der Waals surface area contributed by atoms with Gasteiger partial charge in [-0.3, -0.25) is 4.79 Å². The van der Waals surface area contributed by atoms with Crippen molar-refractivity contribution < 1.29 is 9.53 Å². The van der Waals surface area contributed by atoms with Crippen LogP contribution in [0.2, 0.25) is 0 Å². The minimum atomic E-state index is -0.154. The van der Waals surface area contributed by atoms with Crippen LogP contribution in [0.3, 0.4) is 0 Å². The fourth-order valence-corrected chi connectivity index (χ4v) is 1.66. The molecule has 0 saturated heterocycles. The van der Waals surface area contributed by atoms with E-state index in [1.165, 1.54) is 5.56 Å². The van der Waals surface area contributed by atoms with Gasteiger partial charge in [0, 0.05) is 6.42 Å². The minimum Gasteiger partial charge on any atom is -0.461 e. The van der Waals surface area contributed by atoms with Gasteiger partial charge in [0.1, 0.15) is 6.61 Å². The van der Waals surface area contributed by atoms with E-state index in [2.05, 4.69) is 6.58 Å². The van der Waals surface area contributed by atoms with Gasteiger partial charge in [-0.05, 0) is 41.3 Å². The van der Waals surface area contributed by atoms with Gasteiger partial charge in [0.15, 0.2) is 0 Å². The summed E-state index contributed by atoms with van der Waals surface area (Å²) in [6, 6.07) is 2.02. The SMILES string of the molecule is C=C(C)COC(=O)CCc1ccsc1. The van der Waals surface area contributed by atoms with E-state index in [9.17, 15) is 4.79 Å². The molecule has 0 N–H and O–H groups in total. The molecule has 0 saturated carbocycles. The summed E-state index contributed by atoms with van der Waals surface area (Å²) in [5.41, 5.74) is 2.07. The summed E-state index contributed by atoms with van der Waals surface area (Å²) >= 11 is 1.64. The lowest BCUT2D eigenvalue weighted by Crippen LogP contribution is -2.07. The normalized spacial score (nSPS) is 9.79. The Labute approximate surface area is 88.2 Å². The van der Waals surface area contributed by atoms with Crippen molar-refractivity contribution >= 4 is 17.3 Å². The van der Waals surface area contributed by atoms with Gasteiger partial charge in [-0.15, -0.1) is 0 Å². The quantitative estimate of drug-likeness (QED) is 0.552. The molecule has 1 aromatic heterocycles. The third kappa shape index (κ3) is 4.23. The number of carbonyl (C=O) groups is 1. The molecule has 1 aromatic rings. The molecule has 2 nitrogen and oxygen atoms in total. The summed E-state index contributed by atoms with van der Waals surface area (Å²) in [6.45, 7) is 5.84. The fourth-order valence-electron chi connectivity index (χ4n) is 0.957. The average molecular weight is 210 g/mol. The van der Waals surface area contributed by atoms with E-state index in [0.717, 1.165) is 12.0 Å². The predicted molar refractivity (Wildman–Crippen MR) is 58.4 cm³/mol. The van der Waals surface area contributed by atoms with Crippen LogP contribution >= 0.6 is 11.3 Å². The van der Waals surface area contributed by atoms with Crippen molar-refractivity contribution in [3.63, 3.8) is 0 Å². The Balaban J connectivity index is 2.18. The minimum absolute atomic E-state index is 0.154. The van der Waals surface area contributed by atoms with Gasteiger partial charge in [-0.25, -0.2) is 0 Å². The van der Waals surface area contributed by atoms with E-state index < -0.39 is 0 Å². The van der Waals surface area contributed by atoms with Crippen molar-refractivity contribution in [3.05, 3.63) is 34.5 Å². The van der Waals surface area contributed by atoms with E-state index in [0.29, 0.717) is 13.0 Å². The lowest BCUT2D eigenvalue weighted by molar-refractivity contribution is -0.142. The zero-order valence-electron chi connectivity index (χ0n) is 8.29. The number of esters is 1. The molecule has 14 heavy (non-hydrogen) atoms. The van der Waals surface area contributed by atoms with Crippen molar-refractivity contribution in [1.82, 2.24) is 0 Å². The van der Waals surface area contributed by atoms with Crippen molar-refractivity contribution in [2.45, 2.75) is 19.8 Å². The Hall–Kier alpha value is -1.09. The second kappa shape index (κ2) is 5.60. The van der Waals surface area contributed by atoms with Gasteiger partial charge in [0.25, 0.3) is 0 Å². The molecule has 1 heterocycles. The summed E-state index contributed by atoms with van der Waals surface area (Å²) in [4.78, 5) is 11.2. The van der Waals surface area contributed by atoms with Crippen molar-refractivity contribution in [2.24, 2.45) is 0 Å². The largest absolute Gasteiger partial charge is 0.461 e. The topological polar surface area (TPSA) is 26.3 Å². The molecule has 1 rings (SSSR count). The lowest BCUT2D eigenvalue weighted by Gasteiger charge is -2.02. The summed E-state index contributed by atoms with van der Waals surface area (Å²) in [6.07, 6.45) is 1.21. The van der Waals surface area contributed by atoms with Crippen LogP contribution in [0, 0.1) is 0 Å². The summed E-state index contributed by atoms with van der Waals surface area (Å²) in [7, 11) is 0. The molecule has 0 aliphatic rings. The number of aryl methyl sites for hydroxylation is 1. The van der Waals surface area contributed by atoms with E-state index in [1.807, 2.05) is 23.8 Å². The molecule has 0 radical (unpaired) electrons. The molecule has 0 aromatic carbocycles. The molecule has 0 atom stereocenters. The molecule has 3 heteroatoms. The Morgan fingerprint density at radius 3 is 3.00 bits per heavy atom. The smallest absolute Gasteiger partial charge is 0.306 e. The summed E-state index contributed by atoms with van der Waals surface area (Å²) in [5.74, 6) is -0.154. The number of hydrogen-bond donors (Lipinski definition) is 0. The van der Waals surface area contributed by atoms with Crippen LogP contribution in [0.5, 0.6) is 0 Å². The van der Waals surface area contributed by atoms with Crippen LogP contribution in [0.25, 0.3) is 0 Å². The third-order valence-electron chi connectivity index (χ3n) is 1.68. The van der Waals surface area contributed by atoms with Gasteiger partial charge in [-0.2, -0.15) is 11.3 Å². The molecule has 0 amide bonds. The highest BCUT2D eigenvalue weighted by Gasteiger charge is 2.03. The van der Waals surface area contributed by atoms with Gasteiger partial charge < -0.3 is 4.74 Å². The van der Waals surface area contributed by atoms with Gasteiger partial charge >= 0.3 is 5.97 Å². The first-order chi connectivity index (χ1) is 6.68. The molecule has 0 bridgehead atoms. The van der Waals surface area contributed by atoms with Gasteiger partial charge in [0.2, 0.25) is 0 Å². The van der Waals surface area contributed by atoms with Crippen molar-refractivity contribution in [1.29, 1.82) is 0 Å². The second-order valence-corrected chi connectivity index (χ2v) is 4.03. The molecular weight excluding hydrogens is 196 g/mol. The van der Waals surface area contributed by atoms with Gasteiger partial charge in [0.05, 0.1) is 0 Å². The third-order valence-corrected chi connectivity index (χ3v) is 2.41. The maximum absolute atomic E-state index is 11.2. The molecule has 0 fully saturated rings. The van der Waals surface area contributed by atoms with Gasteiger partial charge in [-0.1, -0.05) is 6.58 Å². The zero-order valence-corrected chi connectivity index (χ0v) is 9.10. The van der Waals surface area contributed by atoms with E-state index >= 15 is 0 Å². The van der Waals surface area contributed by atoms with E-state index in [-0.39, 0.29) is 5.97 Å². The number of hydrogen-bond acceptors (Lipinski definition) is 3. The first kappa shape index (κ1) is 11.0. The Kier molecular flexibility index (Phi) is 4.40. The lowest BCUT2D eigenvalue weighted by atomic mass is 10.2. The Morgan fingerprint density at radius 2 is 2.43 bits per heavy atom. The maximum atomic E-state index is 11.2. The maximum Gasteiger partial charge on any atom is 0.306 e. The average Bonchev–Trinajstić information content (AvgIpc) is 2.63. The van der Waals surface area contributed by atoms with Crippen LogP contribution in [-0.2, 0) is 16.0 Å². The monoisotopic (exact) mass is 210 g/mol. The molecule has 0 aliphatic heterocycles. The van der Waals surface area contributed by atoms with Crippen molar-refractivity contribution in [3.8, 4) is 0 Å². The number of rotatable bonds is 5. The van der Waals surface area contributed by atoms with Crippen LogP contribution < -0.4 is 0 Å². The zero-order chi connectivity index (χ0) is 10.4. The molecular formula is C11H14O2S. The van der Waals surface area contributed by atoms with Crippen LogP contribution in [0.1, 0.15) is 18.9 Å². The van der Waals surface area contributed by atoms with Crippen LogP contribution in [-0.4, -0.2) is 12.6 Å². The molecule has 0 spiro atoms. The summed E-state index contributed by atoms with van der Waals surface area (Å²) in [5, 5.41) is 4.06.